The van der Waals surface area contributed by atoms with E-state index in [-0.39, 0.29) is 0 Å². The van der Waals surface area contributed by atoms with Crippen LogP contribution < -0.4 is 0 Å². The van der Waals surface area contributed by atoms with Crippen molar-refractivity contribution >= 4 is 39.3 Å². The van der Waals surface area contributed by atoms with Crippen LogP contribution in [0.15, 0.2) is 87.7 Å². The Morgan fingerprint density at radius 3 is 0.885 bits per heavy atom. The van der Waals surface area contributed by atoms with Gasteiger partial charge in [0.15, 0.2) is 46.5 Å². The van der Waals surface area contributed by atoms with Crippen molar-refractivity contribution < 1.29 is 77.6 Å². The average molecular weight is 815 g/mol. The minimum Gasteiger partial charge on any atom is -0.218 e. The fourth-order valence-corrected chi connectivity index (χ4v) is 12.2. The lowest BCUT2D eigenvalue weighted by atomic mass is 10.0. The first kappa shape index (κ1) is 35.6. The first-order valence-corrected chi connectivity index (χ1v) is 19.4. The van der Waals surface area contributed by atoms with Crippen LogP contribution in [0.25, 0.3) is 22.3 Å². The molecule has 2 aliphatic heterocycles. The topological polar surface area (TPSA) is 137 Å². The summed E-state index contributed by atoms with van der Waals surface area (Å²) in [6, 6.07) is 4.83. The lowest BCUT2D eigenvalue weighted by Gasteiger charge is -2.11. The fourth-order valence-electron chi connectivity index (χ4n) is 5.77. The van der Waals surface area contributed by atoms with E-state index in [1.165, 1.54) is 0 Å². The van der Waals surface area contributed by atoms with Gasteiger partial charge in [0.25, 0.3) is 0 Å². The molecule has 5 aromatic carbocycles. The van der Waals surface area contributed by atoms with Gasteiger partial charge in [0, 0.05) is 22.3 Å². The van der Waals surface area contributed by atoms with Crippen LogP contribution in [-0.4, -0.2) is 33.7 Å². The van der Waals surface area contributed by atoms with Crippen molar-refractivity contribution in [3.8, 4) is 22.3 Å². The van der Waals surface area contributed by atoms with Crippen LogP contribution in [0.1, 0.15) is 0 Å². The molecule has 2 heterocycles. The first-order chi connectivity index (χ1) is 24.0. The normalized spacial score (nSPS) is 15.3. The van der Waals surface area contributed by atoms with Crippen LogP contribution in [0, 0.1) is 58.2 Å². The molecule has 7 rings (SSSR count). The number of hydrogen-bond acceptors (Lipinski definition) is 8. The van der Waals surface area contributed by atoms with Gasteiger partial charge in [-0.3, -0.25) is 0 Å². The molecule has 8 nitrogen and oxygen atoms in total. The number of hydrogen-bond donors (Lipinski definition) is 0. The molecule has 5 aromatic rings. The van der Waals surface area contributed by atoms with Crippen LogP contribution in [0.2, 0.25) is 0 Å². The molecule has 0 spiro atoms. The van der Waals surface area contributed by atoms with Crippen molar-refractivity contribution in [2.75, 3.05) is 0 Å². The summed E-state index contributed by atoms with van der Waals surface area (Å²) >= 11 is 0. The van der Waals surface area contributed by atoms with E-state index in [1.807, 2.05) is 0 Å². The van der Waals surface area contributed by atoms with Crippen molar-refractivity contribution in [2.24, 2.45) is 0 Å². The van der Waals surface area contributed by atoms with E-state index in [9.17, 15) is 77.6 Å². The number of rotatable bonds is 4. The van der Waals surface area contributed by atoms with Crippen molar-refractivity contribution in [3.05, 3.63) is 107 Å². The molecule has 0 aliphatic carbocycles. The van der Waals surface area contributed by atoms with Crippen molar-refractivity contribution in [3.63, 3.8) is 0 Å². The molecular weight excluding hydrogens is 807 g/mol. The molecule has 0 N–H and O–H groups in total. The average Bonchev–Trinajstić information content (AvgIpc) is 3.45. The SMILES string of the molecule is O=S1(=O)c2cc(S(=O)(=O)c3c(F)c(F)c(F)c(F)c3F)ccc2-c2cc3c(cc21)-c1ccc(S(=O)(=O)c2c(F)c(F)c(F)c(F)c2F)cc1S3(=O)=O. The van der Waals surface area contributed by atoms with Gasteiger partial charge in [0.05, 0.1) is 29.4 Å². The zero-order chi connectivity index (χ0) is 38.4. The van der Waals surface area contributed by atoms with Crippen molar-refractivity contribution in [1.29, 1.82) is 0 Å². The first-order valence-electron chi connectivity index (χ1n) is 13.5. The Labute approximate surface area is 284 Å². The smallest absolute Gasteiger partial charge is 0.212 e. The highest BCUT2D eigenvalue weighted by molar-refractivity contribution is 7.93. The van der Waals surface area contributed by atoms with Crippen molar-refractivity contribution in [1.82, 2.24) is 0 Å². The number of fused-ring (bicyclic) bond motifs is 6. The predicted octanol–water partition coefficient (Wildman–Crippen LogP) is 6.37. The third-order valence-electron chi connectivity index (χ3n) is 8.22. The third-order valence-corrected chi connectivity index (χ3v) is 15.4. The largest absolute Gasteiger partial charge is 0.218 e. The van der Waals surface area contributed by atoms with Crippen LogP contribution in [0.4, 0.5) is 43.9 Å². The van der Waals surface area contributed by atoms with Gasteiger partial charge in [-0.15, -0.1) is 0 Å². The minimum absolute atomic E-state index is 0.349. The number of sulfone groups is 4. The summed E-state index contributed by atoms with van der Waals surface area (Å²) in [6.45, 7) is 0. The highest BCUT2D eigenvalue weighted by Gasteiger charge is 2.43. The zero-order valence-electron chi connectivity index (χ0n) is 24.3. The Morgan fingerprint density at radius 1 is 0.346 bits per heavy atom. The maximum absolute atomic E-state index is 14.4. The van der Waals surface area contributed by atoms with Gasteiger partial charge in [-0.1, -0.05) is 12.1 Å². The fraction of sp³-hybridized carbons (Fsp3) is 0. The molecule has 2 aliphatic rings. The molecule has 0 aromatic heterocycles. The second-order valence-electron chi connectivity index (χ2n) is 11.0. The van der Waals surface area contributed by atoms with Gasteiger partial charge >= 0.3 is 0 Å². The maximum Gasteiger partial charge on any atom is 0.212 e. The highest BCUT2D eigenvalue weighted by Crippen LogP contribution is 2.52. The second kappa shape index (κ2) is 10.9. The summed E-state index contributed by atoms with van der Waals surface area (Å²) in [6.07, 6.45) is 0. The van der Waals surface area contributed by atoms with Crippen molar-refractivity contribution in [2.45, 2.75) is 39.2 Å². The van der Waals surface area contributed by atoms with Crippen LogP contribution >= 0.6 is 0 Å². The second-order valence-corrected chi connectivity index (χ2v) is 18.5. The van der Waals surface area contributed by atoms with Gasteiger partial charge in [0.2, 0.25) is 51.0 Å². The van der Waals surface area contributed by atoms with Crippen LogP contribution in [-0.2, 0) is 39.3 Å². The van der Waals surface area contributed by atoms with E-state index in [0.29, 0.717) is 24.3 Å². The molecule has 0 saturated carbocycles. The van der Waals surface area contributed by atoms with E-state index in [0.717, 1.165) is 24.3 Å². The van der Waals surface area contributed by atoms with E-state index < -0.39 is 159 Å². The van der Waals surface area contributed by atoms with Gasteiger partial charge in [0.1, 0.15) is 9.79 Å². The minimum atomic E-state index is -5.65. The molecule has 0 saturated heterocycles. The molecule has 52 heavy (non-hydrogen) atoms. The van der Waals surface area contributed by atoms with Gasteiger partial charge in [-0.2, -0.15) is 0 Å². The summed E-state index contributed by atoms with van der Waals surface area (Å²) in [7, 11) is -21.0. The summed E-state index contributed by atoms with van der Waals surface area (Å²) in [5.74, 6) is -26.6. The molecule has 270 valence electrons. The molecular formula is C30H8F10O8S4. The third kappa shape index (κ3) is 4.43. The zero-order valence-corrected chi connectivity index (χ0v) is 27.6. The van der Waals surface area contributed by atoms with E-state index in [1.54, 1.807) is 0 Å². The van der Waals surface area contributed by atoms with Gasteiger partial charge < -0.3 is 0 Å². The predicted molar refractivity (Wildman–Crippen MR) is 152 cm³/mol. The van der Waals surface area contributed by atoms with E-state index in [4.69, 9.17) is 0 Å². The summed E-state index contributed by atoms with van der Waals surface area (Å²) in [4.78, 5) is -10.2. The van der Waals surface area contributed by atoms with E-state index >= 15 is 0 Å². The standard InChI is InChI=1S/C30H8F10O8S4/c31-19-21(33)25(37)29(26(38)22(19)34)49(41,42)9-1-3-11-13-7-18-14(8-17(13)51(45,46)15(11)5-9)12-4-2-10(6-16(12)52(18,47)48)50(43,44)30-27(39)23(35)20(32)24(36)28(30)40/h1-8H. The van der Waals surface area contributed by atoms with Gasteiger partial charge in [-0.05, 0) is 36.4 Å². The Kier molecular flexibility index (Phi) is 7.44. The molecule has 0 radical (unpaired) electrons. The maximum atomic E-state index is 14.4. The Balaban J connectivity index is 1.36. The quantitative estimate of drug-likeness (QED) is 0.0866. The van der Waals surface area contributed by atoms with Gasteiger partial charge in [-0.25, -0.2) is 77.6 Å². The number of benzene rings is 5. The van der Waals surface area contributed by atoms with Crippen LogP contribution in [0.3, 0.4) is 0 Å². The van der Waals surface area contributed by atoms with E-state index in [2.05, 4.69) is 0 Å². The summed E-state index contributed by atoms with van der Waals surface area (Å²) < 4.78 is 247. The Bertz CT molecular complexity index is 2760. The molecule has 0 atom stereocenters. The highest BCUT2D eigenvalue weighted by atomic mass is 32.2. The monoisotopic (exact) mass is 814 g/mol. The lowest BCUT2D eigenvalue weighted by molar-refractivity contribution is 0.357. The number of halogens is 10. The molecule has 0 fully saturated rings. The molecule has 22 heteroatoms. The van der Waals surface area contributed by atoms with Crippen LogP contribution in [0.5, 0.6) is 0 Å². The lowest BCUT2D eigenvalue weighted by Crippen LogP contribution is -2.13. The Hall–Kier alpha value is -4.80. The molecule has 0 bridgehead atoms. The summed E-state index contributed by atoms with van der Waals surface area (Å²) in [5.41, 5.74) is -1.59. The Morgan fingerprint density at radius 2 is 0.596 bits per heavy atom. The summed E-state index contributed by atoms with van der Waals surface area (Å²) in [5, 5.41) is 0. The molecule has 0 unspecified atom stereocenters. The molecule has 0 amide bonds.